The van der Waals surface area contributed by atoms with Crippen molar-refractivity contribution in [1.29, 1.82) is 0 Å². The molecule has 8 nitrogen and oxygen atoms in total. The SMILES string of the molecule is CC(C)(C)c1ccc(S(=O)(=O)NCc2cc(CNCC3CCNC3)cc(OCCc3cnc[nH]3)c2)cc1. The lowest BCUT2D eigenvalue weighted by molar-refractivity contribution is 0.320. The zero-order valence-corrected chi connectivity index (χ0v) is 22.8. The molecular weight excluding hydrogens is 486 g/mol. The Bertz CT molecular complexity index is 1230. The molecule has 4 N–H and O–H groups in total. The van der Waals surface area contributed by atoms with E-state index in [-0.39, 0.29) is 16.9 Å². The zero-order chi connectivity index (χ0) is 26.3. The minimum absolute atomic E-state index is 0.0355. The molecule has 0 saturated carbocycles. The standard InChI is InChI=1S/C28H39N5O3S/c1-28(2,3)24-4-6-27(7-5-24)37(34,35)33-18-23-12-22(17-30-16-21-8-10-29-15-21)13-26(14-23)36-11-9-25-19-31-20-32-25/h4-7,12-14,19-21,29-30,33H,8-11,15-18H2,1-3H3,(H,31,32). The van der Waals surface area contributed by atoms with Gasteiger partial charge in [-0.2, -0.15) is 0 Å². The fourth-order valence-corrected chi connectivity index (χ4v) is 5.44. The molecule has 0 radical (unpaired) electrons. The molecule has 1 aliphatic heterocycles. The van der Waals surface area contributed by atoms with Gasteiger partial charge in [0.25, 0.3) is 0 Å². The van der Waals surface area contributed by atoms with Crippen LogP contribution in [0.3, 0.4) is 0 Å². The van der Waals surface area contributed by atoms with E-state index in [0.717, 1.165) is 47.8 Å². The number of H-pyrrole nitrogens is 1. The molecule has 1 aliphatic rings. The first-order valence-corrected chi connectivity index (χ1v) is 14.4. The Kier molecular flexibility index (Phi) is 9.02. The molecule has 4 rings (SSSR count). The van der Waals surface area contributed by atoms with Gasteiger partial charge in [0.2, 0.25) is 10.0 Å². The highest BCUT2D eigenvalue weighted by atomic mass is 32.2. The summed E-state index contributed by atoms with van der Waals surface area (Å²) < 4.78 is 34.8. The van der Waals surface area contributed by atoms with E-state index in [1.165, 1.54) is 6.42 Å². The number of hydrogen-bond acceptors (Lipinski definition) is 6. The summed E-state index contributed by atoms with van der Waals surface area (Å²) in [7, 11) is -3.65. The number of aromatic nitrogens is 2. The highest BCUT2D eigenvalue weighted by Gasteiger charge is 2.18. The molecule has 2 aromatic carbocycles. The number of benzene rings is 2. The Balaban J connectivity index is 1.42. The van der Waals surface area contributed by atoms with Crippen LogP contribution in [0.15, 0.2) is 59.9 Å². The second-order valence-corrected chi connectivity index (χ2v) is 12.5. The maximum absolute atomic E-state index is 13.0. The molecule has 37 heavy (non-hydrogen) atoms. The van der Waals surface area contributed by atoms with Gasteiger partial charge in [0.1, 0.15) is 5.75 Å². The molecule has 2 heterocycles. The van der Waals surface area contributed by atoms with Gasteiger partial charge in [-0.3, -0.25) is 0 Å². The van der Waals surface area contributed by atoms with Crippen LogP contribution >= 0.6 is 0 Å². The number of imidazole rings is 1. The van der Waals surface area contributed by atoms with Crippen molar-refractivity contribution in [3.8, 4) is 5.75 Å². The number of aromatic amines is 1. The predicted molar refractivity (Wildman–Crippen MR) is 146 cm³/mol. The minimum atomic E-state index is -3.65. The topological polar surface area (TPSA) is 108 Å². The van der Waals surface area contributed by atoms with Gasteiger partial charge >= 0.3 is 0 Å². The second kappa shape index (κ2) is 12.2. The van der Waals surface area contributed by atoms with E-state index in [9.17, 15) is 8.42 Å². The lowest BCUT2D eigenvalue weighted by Gasteiger charge is -2.19. The van der Waals surface area contributed by atoms with E-state index >= 15 is 0 Å². The minimum Gasteiger partial charge on any atom is -0.493 e. The first kappa shape index (κ1) is 27.3. The van der Waals surface area contributed by atoms with Crippen molar-refractivity contribution < 1.29 is 13.2 Å². The third-order valence-electron chi connectivity index (χ3n) is 6.64. The van der Waals surface area contributed by atoms with Crippen LogP contribution in [0.25, 0.3) is 0 Å². The normalized spacial score (nSPS) is 16.2. The molecule has 1 atom stereocenters. The van der Waals surface area contributed by atoms with Crippen molar-refractivity contribution >= 4 is 10.0 Å². The highest BCUT2D eigenvalue weighted by molar-refractivity contribution is 7.89. The van der Waals surface area contributed by atoms with Crippen LogP contribution in [0, 0.1) is 5.92 Å². The van der Waals surface area contributed by atoms with Gasteiger partial charge in [-0.25, -0.2) is 18.1 Å². The lowest BCUT2D eigenvalue weighted by atomic mass is 9.87. The van der Waals surface area contributed by atoms with Crippen LogP contribution in [0.1, 0.15) is 49.6 Å². The third kappa shape index (κ3) is 8.13. The van der Waals surface area contributed by atoms with Crippen molar-refractivity contribution in [1.82, 2.24) is 25.3 Å². The lowest BCUT2D eigenvalue weighted by Crippen LogP contribution is -2.25. The van der Waals surface area contributed by atoms with Crippen LogP contribution < -0.4 is 20.1 Å². The molecule has 0 spiro atoms. The van der Waals surface area contributed by atoms with Crippen LogP contribution in [0.2, 0.25) is 0 Å². The predicted octanol–water partition coefficient (Wildman–Crippen LogP) is 3.51. The molecule has 0 bridgehead atoms. The smallest absolute Gasteiger partial charge is 0.240 e. The van der Waals surface area contributed by atoms with Gasteiger partial charge < -0.3 is 20.4 Å². The van der Waals surface area contributed by atoms with E-state index in [0.29, 0.717) is 25.5 Å². The Morgan fingerprint density at radius 1 is 1.08 bits per heavy atom. The van der Waals surface area contributed by atoms with Crippen molar-refractivity contribution in [2.45, 2.75) is 57.0 Å². The summed E-state index contributed by atoms with van der Waals surface area (Å²) in [6, 6.07) is 13.1. The monoisotopic (exact) mass is 525 g/mol. The number of sulfonamides is 1. The molecule has 1 unspecified atom stereocenters. The van der Waals surface area contributed by atoms with Gasteiger partial charge in [-0.15, -0.1) is 0 Å². The van der Waals surface area contributed by atoms with E-state index < -0.39 is 10.0 Å². The molecule has 1 fully saturated rings. The molecule has 0 aliphatic carbocycles. The quantitative estimate of drug-likeness (QED) is 0.288. The van der Waals surface area contributed by atoms with Crippen molar-refractivity contribution in [2.75, 3.05) is 26.2 Å². The third-order valence-corrected chi connectivity index (χ3v) is 8.06. The Morgan fingerprint density at radius 3 is 2.49 bits per heavy atom. The van der Waals surface area contributed by atoms with E-state index in [2.05, 4.69) is 46.1 Å². The van der Waals surface area contributed by atoms with Crippen molar-refractivity contribution in [2.24, 2.45) is 5.92 Å². The molecule has 0 amide bonds. The number of nitrogens with zero attached hydrogens (tertiary/aromatic N) is 1. The van der Waals surface area contributed by atoms with Crippen molar-refractivity contribution in [3.63, 3.8) is 0 Å². The molecule has 9 heteroatoms. The van der Waals surface area contributed by atoms with Gasteiger partial charge in [-0.05, 0) is 78.3 Å². The number of hydrogen-bond donors (Lipinski definition) is 4. The summed E-state index contributed by atoms with van der Waals surface area (Å²) in [5.74, 6) is 1.37. The molecular formula is C28H39N5O3S. The maximum atomic E-state index is 13.0. The molecule has 1 saturated heterocycles. The molecule has 1 aromatic heterocycles. The first-order chi connectivity index (χ1) is 17.7. The molecule has 200 valence electrons. The fourth-order valence-electron chi connectivity index (χ4n) is 4.42. The number of ether oxygens (including phenoxy) is 1. The second-order valence-electron chi connectivity index (χ2n) is 10.7. The summed E-state index contributed by atoms with van der Waals surface area (Å²) in [4.78, 5) is 7.39. The zero-order valence-electron chi connectivity index (χ0n) is 22.0. The van der Waals surface area contributed by atoms with Crippen LogP contribution in [-0.2, 0) is 34.9 Å². The Labute approximate surface area is 220 Å². The summed E-state index contributed by atoms with van der Waals surface area (Å²) >= 11 is 0. The Morgan fingerprint density at radius 2 is 1.84 bits per heavy atom. The first-order valence-electron chi connectivity index (χ1n) is 12.9. The summed E-state index contributed by atoms with van der Waals surface area (Å²) in [5.41, 5.74) is 3.99. The maximum Gasteiger partial charge on any atom is 0.240 e. The number of nitrogens with one attached hydrogen (secondary N) is 4. The van der Waals surface area contributed by atoms with E-state index in [1.54, 1.807) is 24.7 Å². The van der Waals surface area contributed by atoms with E-state index in [1.807, 2.05) is 30.3 Å². The average Bonchev–Trinajstić information content (AvgIpc) is 3.57. The van der Waals surface area contributed by atoms with Crippen LogP contribution in [0.4, 0.5) is 0 Å². The van der Waals surface area contributed by atoms with Gasteiger partial charge in [-0.1, -0.05) is 39.0 Å². The highest BCUT2D eigenvalue weighted by Crippen LogP contribution is 2.24. The summed E-state index contributed by atoms with van der Waals surface area (Å²) in [5, 5.41) is 6.94. The van der Waals surface area contributed by atoms with Crippen LogP contribution in [0.5, 0.6) is 5.75 Å². The molecule has 3 aromatic rings. The Hall–Kier alpha value is -2.72. The fraction of sp³-hybridized carbons (Fsp3) is 0.464. The van der Waals surface area contributed by atoms with Gasteiger partial charge in [0.15, 0.2) is 0 Å². The summed E-state index contributed by atoms with van der Waals surface area (Å²) in [6.45, 7) is 10.8. The van der Waals surface area contributed by atoms with Gasteiger partial charge in [0.05, 0.1) is 17.8 Å². The van der Waals surface area contributed by atoms with Gasteiger partial charge in [0, 0.05) is 31.4 Å². The van der Waals surface area contributed by atoms with Crippen LogP contribution in [-0.4, -0.2) is 44.6 Å². The van der Waals surface area contributed by atoms with Crippen molar-refractivity contribution in [3.05, 3.63) is 77.4 Å². The van der Waals surface area contributed by atoms with E-state index in [4.69, 9.17) is 4.74 Å². The average molecular weight is 526 g/mol. The largest absolute Gasteiger partial charge is 0.493 e. The number of rotatable bonds is 12. The summed E-state index contributed by atoms with van der Waals surface area (Å²) in [6.07, 6.45) is 5.34.